The SMILES string of the molecule is COc1ccc(Nc2ccn(-c3nc4ccccc4s3)n2)cc1. The molecule has 0 saturated carbocycles. The van der Waals surface area contributed by atoms with Gasteiger partial charge in [0.05, 0.1) is 17.3 Å². The Bertz CT molecular complexity index is 910. The highest BCUT2D eigenvalue weighted by Gasteiger charge is 2.07. The molecule has 0 atom stereocenters. The van der Waals surface area contributed by atoms with Crippen LogP contribution in [0.5, 0.6) is 5.75 Å². The number of anilines is 2. The van der Waals surface area contributed by atoms with Gasteiger partial charge in [0.15, 0.2) is 5.82 Å². The lowest BCUT2D eigenvalue weighted by Crippen LogP contribution is -1.96. The Balaban J connectivity index is 1.58. The maximum absolute atomic E-state index is 5.16. The number of aromatic nitrogens is 3. The van der Waals surface area contributed by atoms with Crippen molar-refractivity contribution in [1.82, 2.24) is 14.8 Å². The summed E-state index contributed by atoms with van der Waals surface area (Å²) in [5.74, 6) is 1.60. The maximum Gasteiger partial charge on any atom is 0.211 e. The molecule has 0 fully saturated rings. The number of nitrogens with zero attached hydrogens (tertiary/aromatic N) is 3. The fourth-order valence-corrected chi connectivity index (χ4v) is 3.18. The normalized spacial score (nSPS) is 10.8. The zero-order valence-corrected chi connectivity index (χ0v) is 13.2. The predicted molar refractivity (Wildman–Crippen MR) is 93.0 cm³/mol. The summed E-state index contributed by atoms with van der Waals surface area (Å²) >= 11 is 1.62. The van der Waals surface area contributed by atoms with E-state index >= 15 is 0 Å². The molecule has 114 valence electrons. The third-order valence-corrected chi connectivity index (χ3v) is 4.46. The standard InChI is InChI=1S/C17H14N4OS/c1-22-13-8-6-12(7-9-13)18-16-10-11-21(20-16)17-19-14-4-2-3-5-15(14)23-17/h2-11H,1H3,(H,18,20). The molecule has 0 amide bonds. The van der Waals surface area contributed by atoms with E-state index in [0.717, 1.165) is 32.6 Å². The van der Waals surface area contributed by atoms with Crippen molar-refractivity contribution in [3.63, 3.8) is 0 Å². The van der Waals surface area contributed by atoms with Crippen molar-refractivity contribution in [1.29, 1.82) is 0 Å². The van der Waals surface area contributed by atoms with E-state index in [2.05, 4.69) is 21.5 Å². The van der Waals surface area contributed by atoms with Crippen LogP contribution in [-0.4, -0.2) is 21.9 Å². The third kappa shape index (κ3) is 2.76. The number of nitrogens with one attached hydrogen (secondary N) is 1. The Hall–Kier alpha value is -2.86. The van der Waals surface area contributed by atoms with Gasteiger partial charge in [0.25, 0.3) is 0 Å². The van der Waals surface area contributed by atoms with Crippen molar-refractivity contribution >= 4 is 33.1 Å². The number of hydrogen-bond donors (Lipinski definition) is 1. The third-order valence-electron chi connectivity index (χ3n) is 3.43. The summed E-state index contributed by atoms with van der Waals surface area (Å²) in [5.41, 5.74) is 1.95. The topological polar surface area (TPSA) is 52.0 Å². The molecular weight excluding hydrogens is 308 g/mol. The first-order chi connectivity index (χ1) is 11.3. The lowest BCUT2D eigenvalue weighted by atomic mass is 10.3. The lowest BCUT2D eigenvalue weighted by Gasteiger charge is -2.04. The maximum atomic E-state index is 5.16. The number of benzene rings is 2. The van der Waals surface area contributed by atoms with E-state index < -0.39 is 0 Å². The molecule has 2 heterocycles. The zero-order valence-electron chi connectivity index (χ0n) is 12.4. The first-order valence-corrected chi connectivity index (χ1v) is 7.96. The van der Waals surface area contributed by atoms with Crippen LogP contribution in [0, 0.1) is 0 Å². The molecule has 2 aromatic carbocycles. The van der Waals surface area contributed by atoms with Crippen LogP contribution < -0.4 is 10.1 Å². The summed E-state index contributed by atoms with van der Waals surface area (Å²) in [4.78, 5) is 4.60. The van der Waals surface area contributed by atoms with E-state index in [0.29, 0.717) is 0 Å². The summed E-state index contributed by atoms with van der Waals surface area (Å²) in [6, 6.07) is 17.7. The van der Waals surface area contributed by atoms with E-state index in [1.807, 2.05) is 54.7 Å². The summed E-state index contributed by atoms with van der Waals surface area (Å²) in [6.45, 7) is 0. The number of para-hydroxylation sites is 1. The second-order valence-corrected chi connectivity index (χ2v) is 5.97. The van der Waals surface area contributed by atoms with Gasteiger partial charge in [-0.2, -0.15) is 0 Å². The molecule has 1 N–H and O–H groups in total. The second-order valence-electron chi connectivity index (χ2n) is 4.96. The molecule has 6 heteroatoms. The van der Waals surface area contributed by atoms with Crippen LogP contribution in [0.1, 0.15) is 0 Å². The second kappa shape index (κ2) is 5.73. The highest BCUT2D eigenvalue weighted by Crippen LogP contribution is 2.25. The Kier molecular flexibility index (Phi) is 3.44. The van der Waals surface area contributed by atoms with E-state index in [1.165, 1.54) is 0 Å². The van der Waals surface area contributed by atoms with Crippen molar-refractivity contribution in [2.24, 2.45) is 0 Å². The molecule has 0 bridgehead atoms. The van der Waals surface area contributed by atoms with Crippen molar-refractivity contribution < 1.29 is 4.74 Å². The van der Waals surface area contributed by atoms with Crippen LogP contribution in [0.15, 0.2) is 60.8 Å². The highest BCUT2D eigenvalue weighted by molar-refractivity contribution is 7.20. The Morgan fingerprint density at radius 1 is 1.04 bits per heavy atom. The van der Waals surface area contributed by atoms with Crippen molar-refractivity contribution in [2.45, 2.75) is 0 Å². The Morgan fingerprint density at radius 2 is 1.87 bits per heavy atom. The molecule has 0 radical (unpaired) electrons. The molecule has 4 rings (SSSR count). The van der Waals surface area contributed by atoms with E-state index in [1.54, 1.807) is 23.1 Å². The molecule has 0 aliphatic carbocycles. The molecular formula is C17H14N4OS. The average molecular weight is 322 g/mol. The summed E-state index contributed by atoms with van der Waals surface area (Å²) in [6.07, 6.45) is 1.91. The van der Waals surface area contributed by atoms with Crippen LogP contribution in [-0.2, 0) is 0 Å². The van der Waals surface area contributed by atoms with Crippen LogP contribution >= 0.6 is 11.3 Å². The number of methoxy groups -OCH3 is 1. The van der Waals surface area contributed by atoms with Gasteiger partial charge in [0, 0.05) is 18.0 Å². The Morgan fingerprint density at radius 3 is 2.65 bits per heavy atom. The molecule has 0 aliphatic heterocycles. The van der Waals surface area contributed by atoms with Gasteiger partial charge in [-0.15, -0.1) is 5.10 Å². The van der Waals surface area contributed by atoms with E-state index in [9.17, 15) is 0 Å². The first-order valence-electron chi connectivity index (χ1n) is 7.14. The van der Waals surface area contributed by atoms with Gasteiger partial charge in [-0.3, -0.25) is 0 Å². The largest absolute Gasteiger partial charge is 0.497 e. The average Bonchev–Trinajstić information content (AvgIpc) is 3.21. The summed E-state index contributed by atoms with van der Waals surface area (Å²) in [7, 11) is 1.65. The van der Waals surface area contributed by atoms with Crippen LogP contribution in [0.25, 0.3) is 15.3 Å². The molecule has 2 aromatic heterocycles. The predicted octanol–water partition coefficient (Wildman–Crippen LogP) is 4.23. The fourth-order valence-electron chi connectivity index (χ4n) is 2.28. The fraction of sp³-hybridized carbons (Fsp3) is 0.0588. The van der Waals surface area contributed by atoms with Gasteiger partial charge in [-0.1, -0.05) is 23.5 Å². The molecule has 23 heavy (non-hydrogen) atoms. The minimum absolute atomic E-state index is 0.773. The number of fused-ring (bicyclic) bond motifs is 1. The van der Waals surface area contributed by atoms with Gasteiger partial charge < -0.3 is 10.1 Å². The van der Waals surface area contributed by atoms with Crippen LogP contribution in [0.4, 0.5) is 11.5 Å². The molecule has 0 spiro atoms. The Labute approximate surface area is 137 Å². The molecule has 0 aliphatic rings. The summed E-state index contributed by atoms with van der Waals surface area (Å²) < 4.78 is 8.10. The number of ether oxygens (including phenoxy) is 1. The van der Waals surface area contributed by atoms with Gasteiger partial charge in [-0.25, -0.2) is 9.67 Å². The zero-order chi connectivity index (χ0) is 15.6. The number of thiazole rings is 1. The number of rotatable bonds is 4. The molecule has 5 nitrogen and oxygen atoms in total. The summed E-state index contributed by atoms with van der Waals surface area (Å²) in [5, 5.41) is 8.66. The van der Waals surface area contributed by atoms with Gasteiger partial charge in [0.1, 0.15) is 5.75 Å². The monoisotopic (exact) mass is 322 g/mol. The van der Waals surface area contributed by atoms with Gasteiger partial charge >= 0.3 is 0 Å². The van der Waals surface area contributed by atoms with E-state index in [4.69, 9.17) is 4.74 Å². The molecule has 4 aromatic rings. The molecule has 0 saturated heterocycles. The van der Waals surface area contributed by atoms with Crippen molar-refractivity contribution in [3.8, 4) is 10.9 Å². The lowest BCUT2D eigenvalue weighted by molar-refractivity contribution is 0.415. The van der Waals surface area contributed by atoms with Gasteiger partial charge in [0.2, 0.25) is 5.13 Å². The first kappa shape index (κ1) is 13.8. The smallest absolute Gasteiger partial charge is 0.211 e. The van der Waals surface area contributed by atoms with Gasteiger partial charge in [-0.05, 0) is 36.4 Å². The van der Waals surface area contributed by atoms with Crippen LogP contribution in [0.2, 0.25) is 0 Å². The quantitative estimate of drug-likeness (QED) is 0.611. The minimum atomic E-state index is 0.773. The number of hydrogen-bond acceptors (Lipinski definition) is 5. The minimum Gasteiger partial charge on any atom is -0.497 e. The van der Waals surface area contributed by atoms with Crippen molar-refractivity contribution in [3.05, 3.63) is 60.8 Å². The molecule has 0 unspecified atom stereocenters. The van der Waals surface area contributed by atoms with Crippen molar-refractivity contribution in [2.75, 3.05) is 12.4 Å². The van der Waals surface area contributed by atoms with E-state index in [-0.39, 0.29) is 0 Å². The van der Waals surface area contributed by atoms with Crippen LogP contribution in [0.3, 0.4) is 0 Å². The highest BCUT2D eigenvalue weighted by atomic mass is 32.1.